The molecule has 0 saturated heterocycles. The molecule has 0 aromatic carbocycles. The van der Waals surface area contributed by atoms with Crippen LogP contribution in [-0.2, 0) is 11.2 Å². The minimum atomic E-state index is 0.266. The number of rotatable bonds is 6. The predicted molar refractivity (Wildman–Crippen MR) is 73.4 cm³/mol. The minimum absolute atomic E-state index is 0.266. The van der Waals surface area contributed by atoms with Crippen LogP contribution in [0.4, 0.5) is 0 Å². The normalized spacial score (nSPS) is 16.7. The number of nitrogens with one attached hydrogen (secondary N) is 1. The molecule has 0 bridgehead atoms. The van der Waals surface area contributed by atoms with Crippen molar-refractivity contribution >= 4 is 11.3 Å². The van der Waals surface area contributed by atoms with Crippen LogP contribution in [0.15, 0.2) is 24.0 Å². The van der Waals surface area contributed by atoms with E-state index in [0.717, 1.165) is 38.2 Å². The predicted octanol–water partition coefficient (Wildman–Crippen LogP) is 3.66. The van der Waals surface area contributed by atoms with E-state index in [1.807, 2.05) is 11.3 Å². The SMILES string of the molecule is CCCNC(C1=CCCO1)c1ccc(CC)s1. The Kier molecular flexibility index (Phi) is 4.63. The molecule has 0 spiro atoms. The average Bonchev–Trinajstić information content (AvgIpc) is 3.00. The Bertz CT molecular complexity index is 383. The van der Waals surface area contributed by atoms with Crippen molar-refractivity contribution in [1.29, 1.82) is 0 Å². The van der Waals surface area contributed by atoms with Gasteiger partial charge in [-0.1, -0.05) is 13.8 Å². The van der Waals surface area contributed by atoms with Crippen LogP contribution in [0.2, 0.25) is 0 Å². The molecule has 94 valence electrons. The van der Waals surface area contributed by atoms with E-state index >= 15 is 0 Å². The molecule has 2 rings (SSSR count). The van der Waals surface area contributed by atoms with Crippen molar-refractivity contribution in [3.8, 4) is 0 Å². The maximum atomic E-state index is 5.71. The van der Waals surface area contributed by atoms with Gasteiger partial charge < -0.3 is 10.1 Å². The fourth-order valence-corrected chi connectivity index (χ4v) is 3.04. The number of ether oxygens (including phenoxy) is 1. The van der Waals surface area contributed by atoms with Crippen LogP contribution >= 0.6 is 11.3 Å². The van der Waals surface area contributed by atoms with Gasteiger partial charge in [-0.2, -0.15) is 0 Å². The lowest BCUT2D eigenvalue weighted by atomic mass is 10.2. The van der Waals surface area contributed by atoms with Gasteiger partial charge in [-0.15, -0.1) is 11.3 Å². The molecule has 0 radical (unpaired) electrons. The van der Waals surface area contributed by atoms with Gasteiger partial charge in [0.2, 0.25) is 0 Å². The maximum Gasteiger partial charge on any atom is 0.114 e. The third-order valence-electron chi connectivity index (χ3n) is 2.93. The summed E-state index contributed by atoms with van der Waals surface area (Å²) in [5, 5.41) is 3.58. The van der Waals surface area contributed by atoms with Crippen molar-refractivity contribution in [3.63, 3.8) is 0 Å². The Hall–Kier alpha value is -0.800. The number of hydrogen-bond donors (Lipinski definition) is 1. The zero-order valence-electron chi connectivity index (χ0n) is 10.7. The maximum absolute atomic E-state index is 5.71. The fraction of sp³-hybridized carbons (Fsp3) is 0.571. The Balaban J connectivity index is 2.13. The molecule has 0 amide bonds. The molecule has 1 aliphatic rings. The summed E-state index contributed by atoms with van der Waals surface area (Å²) in [5.74, 6) is 1.11. The van der Waals surface area contributed by atoms with E-state index in [0.29, 0.717) is 0 Å². The highest BCUT2D eigenvalue weighted by molar-refractivity contribution is 7.12. The lowest BCUT2D eigenvalue weighted by Gasteiger charge is -2.18. The third-order valence-corrected chi connectivity index (χ3v) is 4.22. The van der Waals surface area contributed by atoms with E-state index in [1.54, 1.807) is 0 Å². The van der Waals surface area contributed by atoms with Crippen molar-refractivity contribution in [1.82, 2.24) is 5.32 Å². The molecule has 0 saturated carbocycles. The van der Waals surface area contributed by atoms with Gasteiger partial charge >= 0.3 is 0 Å². The lowest BCUT2D eigenvalue weighted by molar-refractivity contribution is 0.216. The number of aryl methyl sites for hydroxylation is 1. The van der Waals surface area contributed by atoms with Gasteiger partial charge in [0, 0.05) is 16.2 Å². The summed E-state index contributed by atoms with van der Waals surface area (Å²) in [4.78, 5) is 2.82. The molecule has 0 aliphatic carbocycles. The first kappa shape index (κ1) is 12.7. The van der Waals surface area contributed by atoms with Crippen LogP contribution in [0.25, 0.3) is 0 Å². The van der Waals surface area contributed by atoms with Gasteiger partial charge in [0.25, 0.3) is 0 Å². The molecule has 1 unspecified atom stereocenters. The van der Waals surface area contributed by atoms with E-state index in [4.69, 9.17) is 4.74 Å². The third kappa shape index (κ3) is 3.11. The number of hydrogen-bond acceptors (Lipinski definition) is 3. The summed E-state index contributed by atoms with van der Waals surface area (Å²) < 4.78 is 5.71. The van der Waals surface area contributed by atoms with Crippen LogP contribution in [0.1, 0.15) is 42.5 Å². The second-order valence-electron chi connectivity index (χ2n) is 4.29. The molecule has 0 fully saturated rings. The van der Waals surface area contributed by atoms with E-state index in [1.165, 1.54) is 9.75 Å². The first-order valence-electron chi connectivity index (χ1n) is 6.50. The molecule has 1 N–H and O–H groups in total. The Morgan fingerprint density at radius 3 is 2.88 bits per heavy atom. The van der Waals surface area contributed by atoms with Crippen molar-refractivity contribution in [3.05, 3.63) is 33.7 Å². The molecule has 1 aromatic heterocycles. The largest absolute Gasteiger partial charge is 0.496 e. The van der Waals surface area contributed by atoms with Gasteiger partial charge in [-0.05, 0) is 37.6 Å². The second-order valence-corrected chi connectivity index (χ2v) is 5.49. The first-order valence-corrected chi connectivity index (χ1v) is 7.31. The summed E-state index contributed by atoms with van der Waals surface area (Å²) in [6.07, 6.45) is 5.53. The molecule has 1 atom stereocenters. The van der Waals surface area contributed by atoms with Gasteiger partial charge in [0.05, 0.1) is 12.6 Å². The summed E-state index contributed by atoms with van der Waals surface area (Å²) in [6.45, 7) is 6.27. The molecular formula is C14H21NOS. The molecule has 17 heavy (non-hydrogen) atoms. The quantitative estimate of drug-likeness (QED) is 0.833. The van der Waals surface area contributed by atoms with Crippen LogP contribution in [-0.4, -0.2) is 13.2 Å². The highest BCUT2D eigenvalue weighted by Crippen LogP contribution is 2.31. The molecule has 2 heterocycles. The lowest BCUT2D eigenvalue weighted by Crippen LogP contribution is -2.23. The van der Waals surface area contributed by atoms with Crippen molar-refractivity contribution < 1.29 is 4.74 Å². The summed E-state index contributed by atoms with van der Waals surface area (Å²) in [7, 11) is 0. The van der Waals surface area contributed by atoms with E-state index < -0.39 is 0 Å². The smallest absolute Gasteiger partial charge is 0.114 e. The summed E-state index contributed by atoms with van der Waals surface area (Å²) >= 11 is 1.89. The van der Waals surface area contributed by atoms with Gasteiger partial charge in [0.1, 0.15) is 5.76 Å². The topological polar surface area (TPSA) is 21.3 Å². The highest BCUT2D eigenvalue weighted by Gasteiger charge is 2.21. The van der Waals surface area contributed by atoms with Crippen molar-refractivity contribution in [2.45, 2.75) is 39.2 Å². The second kappa shape index (κ2) is 6.22. The summed E-state index contributed by atoms with van der Waals surface area (Å²) in [5.41, 5.74) is 0. The molecular weight excluding hydrogens is 230 g/mol. The van der Waals surface area contributed by atoms with Crippen molar-refractivity contribution in [2.24, 2.45) is 0 Å². The zero-order valence-corrected chi connectivity index (χ0v) is 11.5. The monoisotopic (exact) mass is 251 g/mol. The van der Waals surface area contributed by atoms with Gasteiger partial charge in [-0.3, -0.25) is 0 Å². The Morgan fingerprint density at radius 2 is 2.29 bits per heavy atom. The van der Waals surface area contributed by atoms with Crippen LogP contribution in [0.3, 0.4) is 0 Å². The summed E-state index contributed by atoms with van der Waals surface area (Å²) in [6, 6.07) is 4.73. The van der Waals surface area contributed by atoms with Crippen LogP contribution in [0, 0.1) is 0 Å². The zero-order chi connectivity index (χ0) is 12.1. The minimum Gasteiger partial charge on any atom is -0.496 e. The fourth-order valence-electron chi connectivity index (χ4n) is 2.01. The molecule has 3 heteroatoms. The molecule has 2 nitrogen and oxygen atoms in total. The van der Waals surface area contributed by atoms with Crippen LogP contribution < -0.4 is 5.32 Å². The van der Waals surface area contributed by atoms with Crippen molar-refractivity contribution in [2.75, 3.05) is 13.2 Å². The highest BCUT2D eigenvalue weighted by atomic mass is 32.1. The van der Waals surface area contributed by atoms with Gasteiger partial charge in [-0.25, -0.2) is 0 Å². The first-order chi connectivity index (χ1) is 8.35. The molecule has 1 aromatic rings. The standard InChI is InChI=1S/C14H21NOS/c1-3-9-15-14(12-6-5-10-16-12)13-8-7-11(4-2)17-13/h6-8,14-15H,3-5,9-10H2,1-2H3. The van der Waals surface area contributed by atoms with E-state index in [9.17, 15) is 0 Å². The molecule has 1 aliphatic heterocycles. The Labute approximate surface area is 108 Å². The Morgan fingerprint density at radius 1 is 1.41 bits per heavy atom. The van der Waals surface area contributed by atoms with E-state index in [-0.39, 0.29) is 6.04 Å². The van der Waals surface area contributed by atoms with E-state index in [2.05, 4.69) is 37.4 Å². The average molecular weight is 251 g/mol. The van der Waals surface area contributed by atoms with Crippen LogP contribution in [0.5, 0.6) is 0 Å². The number of thiophene rings is 1. The van der Waals surface area contributed by atoms with Gasteiger partial charge in [0.15, 0.2) is 0 Å².